The molecule has 3 heteroatoms. The maximum Gasteiger partial charge on any atom is 0.228 e. The molecule has 1 aliphatic heterocycles. The average Bonchev–Trinajstić information content (AvgIpc) is 2.56. The second-order valence-electron chi connectivity index (χ2n) is 5.82. The summed E-state index contributed by atoms with van der Waals surface area (Å²) in [5, 5.41) is 3.32. The molecule has 0 aliphatic carbocycles. The number of benzene rings is 2. The van der Waals surface area contributed by atoms with Crippen LogP contribution in [0.4, 0.5) is 11.4 Å². The predicted octanol–water partition coefficient (Wildman–Crippen LogP) is 3.78. The molecule has 3 rings (SSSR count). The lowest BCUT2D eigenvalue weighted by Gasteiger charge is -2.29. The Kier molecular flexibility index (Phi) is 4.42. The number of carbonyl (C=O) groups is 1. The van der Waals surface area contributed by atoms with Gasteiger partial charge in [-0.25, -0.2) is 0 Å². The molecule has 0 radical (unpaired) electrons. The van der Waals surface area contributed by atoms with Crippen LogP contribution in [0, 0.1) is 6.92 Å². The fraction of sp³-hybridized carbons (Fsp3) is 0.316. The minimum Gasteiger partial charge on any atom is -0.385 e. The molecule has 1 heterocycles. The largest absolute Gasteiger partial charge is 0.385 e. The number of aryl methyl sites for hydroxylation is 2. The van der Waals surface area contributed by atoms with Crippen LogP contribution in [0.25, 0.3) is 0 Å². The second kappa shape index (κ2) is 6.65. The summed E-state index contributed by atoms with van der Waals surface area (Å²) < 4.78 is 0. The van der Waals surface area contributed by atoms with E-state index in [4.69, 9.17) is 0 Å². The zero-order valence-electron chi connectivity index (χ0n) is 13.0. The summed E-state index contributed by atoms with van der Waals surface area (Å²) in [6.45, 7) is 3.57. The average molecular weight is 294 g/mol. The first-order chi connectivity index (χ1) is 10.7. The number of para-hydroxylation sites is 1. The van der Waals surface area contributed by atoms with E-state index in [-0.39, 0.29) is 5.91 Å². The highest BCUT2D eigenvalue weighted by Crippen LogP contribution is 2.27. The lowest BCUT2D eigenvalue weighted by molar-refractivity contribution is -0.118. The van der Waals surface area contributed by atoms with Gasteiger partial charge in [0.25, 0.3) is 0 Å². The number of anilines is 2. The molecule has 1 amide bonds. The highest BCUT2D eigenvalue weighted by molar-refractivity contribution is 5.94. The number of fused-ring (bicyclic) bond motifs is 1. The van der Waals surface area contributed by atoms with E-state index in [2.05, 4.69) is 48.6 Å². The molecule has 0 fully saturated rings. The molecule has 0 atom stereocenters. The molecule has 0 saturated carbocycles. The Morgan fingerprint density at radius 2 is 1.91 bits per heavy atom. The van der Waals surface area contributed by atoms with Gasteiger partial charge in [0.1, 0.15) is 0 Å². The smallest absolute Gasteiger partial charge is 0.228 e. The van der Waals surface area contributed by atoms with E-state index < -0.39 is 0 Å². The van der Waals surface area contributed by atoms with Gasteiger partial charge in [0, 0.05) is 30.9 Å². The van der Waals surface area contributed by atoms with Crippen LogP contribution >= 0.6 is 0 Å². The minimum atomic E-state index is 0.201. The molecular weight excluding hydrogens is 272 g/mol. The number of nitrogens with zero attached hydrogens (tertiary/aromatic N) is 1. The van der Waals surface area contributed by atoms with E-state index in [1.165, 1.54) is 11.1 Å². The van der Waals surface area contributed by atoms with Gasteiger partial charge < -0.3 is 10.2 Å². The molecule has 3 nitrogen and oxygen atoms in total. The second-order valence-corrected chi connectivity index (χ2v) is 5.82. The third-order valence-electron chi connectivity index (χ3n) is 4.13. The highest BCUT2D eigenvalue weighted by atomic mass is 16.2. The van der Waals surface area contributed by atoms with E-state index >= 15 is 0 Å². The van der Waals surface area contributed by atoms with Gasteiger partial charge in [-0.05, 0) is 43.5 Å². The minimum absolute atomic E-state index is 0.201. The van der Waals surface area contributed by atoms with Crippen molar-refractivity contribution in [3.05, 3.63) is 59.7 Å². The summed E-state index contributed by atoms with van der Waals surface area (Å²) in [4.78, 5) is 14.4. The van der Waals surface area contributed by atoms with Crippen LogP contribution in [0.3, 0.4) is 0 Å². The van der Waals surface area contributed by atoms with Crippen molar-refractivity contribution in [3.8, 4) is 0 Å². The maximum atomic E-state index is 12.5. The lowest BCUT2D eigenvalue weighted by atomic mass is 10.0. The van der Waals surface area contributed by atoms with Crippen LogP contribution in [-0.2, 0) is 11.2 Å². The van der Waals surface area contributed by atoms with Gasteiger partial charge in [-0.1, -0.05) is 35.9 Å². The van der Waals surface area contributed by atoms with Gasteiger partial charge in [-0.15, -0.1) is 0 Å². The zero-order valence-corrected chi connectivity index (χ0v) is 13.0. The summed E-state index contributed by atoms with van der Waals surface area (Å²) in [5.41, 5.74) is 4.69. The predicted molar refractivity (Wildman–Crippen MR) is 91.4 cm³/mol. The normalized spacial score (nSPS) is 13.6. The fourth-order valence-electron chi connectivity index (χ4n) is 2.91. The van der Waals surface area contributed by atoms with Crippen LogP contribution < -0.4 is 10.2 Å². The molecule has 0 aromatic heterocycles. The van der Waals surface area contributed by atoms with E-state index in [0.717, 1.165) is 30.8 Å². The zero-order chi connectivity index (χ0) is 15.4. The van der Waals surface area contributed by atoms with Gasteiger partial charge in [-0.3, -0.25) is 4.79 Å². The van der Waals surface area contributed by atoms with E-state index in [1.54, 1.807) is 0 Å². The van der Waals surface area contributed by atoms with Crippen molar-refractivity contribution in [2.45, 2.75) is 26.2 Å². The summed E-state index contributed by atoms with van der Waals surface area (Å²) >= 11 is 0. The Morgan fingerprint density at radius 1 is 1.14 bits per heavy atom. The van der Waals surface area contributed by atoms with Crippen molar-refractivity contribution >= 4 is 17.3 Å². The van der Waals surface area contributed by atoms with Crippen molar-refractivity contribution in [2.24, 2.45) is 0 Å². The van der Waals surface area contributed by atoms with Gasteiger partial charge in [0.2, 0.25) is 5.91 Å². The van der Waals surface area contributed by atoms with Gasteiger partial charge in [-0.2, -0.15) is 0 Å². The summed E-state index contributed by atoms with van der Waals surface area (Å²) in [6.07, 6.45) is 2.64. The summed E-state index contributed by atoms with van der Waals surface area (Å²) in [7, 11) is 0. The number of nitrogens with one attached hydrogen (secondary N) is 1. The number of carbonyl (C=O) groups excluding carboxylic acids is 1. The molecule has 114 valence electrons. The van der Waals surface area contributed by atoms with E-state index in [0.29, 0.717) is 13.0 Å². The lowest BCUT2D eigenvalue weighted by Crippen LogP contribution is -2.36. The molecular formula is C19H22N2O. The Morgan fingerprint density at radius 3 is 2.73 bits per heavy atom. The number of amides is 1. The van der Waals surface area contributed by atoms with Crippen LogP contribution in [0.1, 0.15) is 24.0 Å². The number of hydrogen-bond acceptors (Lipinski definition) is 2. The Bertz CT molecular complexity index is 649. The molecule has 1 N–H and O–H groups in total. The fourth-order valence-corrected chi connectivity index (χ4v) is 2.91. The molecule has 1 aliphatic rings. The Hall–Kier alpha value is -2.29. The standard InChI is InChI=1S/C19H22N2O/c1-15-8-10-17(11-9-15)20-13-12-19(22)21-14-4-6-16-5-2-3-7-18(16)21/h2-3,5,7-11,20H,4,6,12-14H2,1H3. The molecule has 2 aromatic rings. The van der Waals surface area contributed by atoms with Gasteiger partial charge >= 0.3 is 0 Å². The van der Waals surface area contributed by atoms with Crippen molar-refractivity contribution in [1.29, 1.82) is 0 Å². The Labute approximate surface area is 132 Å². The molecule has 0 spiro atoms. The van der Waals surface area contributed by atoms with Crippen molar-refractivity contribution in [2.75, 3.05) is 23.3 Å². The van der Waals surface area contributed by atoms with Crippen LogP contribution in [0.15, 0.2) is 48.5 Å². The highest BCUT2D eigenvalue weighted by Gasteiger charge is 2.21. The van der Waals surface area contributed by atoms with Gasteiger partial charge in [0.05, 0.1) is 0 Å². The van der Waals surface area contributed by atoms with Crippen LogP contribution in [-0.4, -0.2) is 19.0 Å². The number of rotatable bonds is 4. The summed E-state index contributed by atoms with van der Waals surface area (Å²) in [5.74, 6) is 0.201. The SMILES string of the molecule is Cc1ccc(NCCC(=O)N2CCCc3ccccc32)cc1. The van der Waals surface area contributed by atoms with Crippen molar-refractivity contribution in [1.82, 2.24) is 0 Å². The molecule has 2 aromatic carbocycles. The quantitative estimate of drug-likeness (QED) is 0.931. The van der Waals surface area contributed by atoms with E-state index in [9.17, 15) is 4.79 Å². The molecule has 0 bridgehead atoms. The molecule has 0 unspecified atom stereocenters. The number of hydrogen-bond donors (Lipinski definition) is 1. The van der Waals surface area contributed by atoms with Gasteiger partial charge in [0.15, 0.2) is 0 Å². The molecule has 0 saturated heterocycles. The van der Waals surface area contributed by atoms with E-state index in [1.807, 2.05) is 17.0 Å². The summed E-state index contributed by atoms with van der Waals surface area (Å²) in [6, 6.07) is 16.5. The van der Waals surface area contributed by atoms with Crippen molar-refractivity contribution in [3.63, 3.8) is 0 Å². The first kappa shape index (κ1) is 14.6. The maximum absolute atomic E-state index is 12.5. The molecule has 22 heavy (non-hydrogen) atoms. The third-order valence-corrected chi connectivity index (χ3v) is 4.13. The van der Waals surface area contributed by atoms with Crippen LogP contribution in [0.5, 0.6) is 0 Å². The first-order valence-electron chi connectivity index (χ1n) is 7.93. The topological polar surface area (TPSA) is 32.3 Å². The Balaban J connectivity index is 1.58. The third kappa shape index (κ3) is 3.30. The monoisotopic (exact) mass is 294 g/mol. The first-order valence-corrected chi connectivity index (χ1v) is 7.93. The van der Waals surface area contributed by atoms with Crippen LogP contribution in [0.2, 0.25) is 0 Å². The van der Waals surface area contributed by atoms with Crippen molar-refractivity contribution < 1.29 is 4.79 Å².